The van der Waals surface area contributed by atoms with Crippen LogP contribution < -0.4 is 10.1 Å². The van der Waals surface area contributed by atoms with E-state index < -0.39 is 29.7 Å². The first-order valence-electron chi connectivity index (χ1n) is 10.7. The minimum absolute atomic E-state index is 0.126. The molecule has 0 bridgehead atoms. The Bertz CT molecular complexity index is 978. The standard InChI is InChI=1S/C25H30N2O6/c1-6-21(19-10-8-7-9-11-19)27-33-23(29)22(26-24(30)32-25(3,4)5)16-18-12-14-20(15-13-18)31-17(2)28/h7-15,22H,6,16H2,1-5H3,(H,26,30)/b27-21+/t22-/m0/s1. The predicted octanol–water partition coefficient (Wildman–Crippen LogP) is 4.41. The van der Waals surface area contributed by atoms with E-state index in [0.29, 0.717) is 23.4 Å². The van der Waals surface area contributed by atoms with Gasteiger partial charge in [0.15, 0.2) is 0 Å². The number of hydrogen-bond donors (Lipinski definition) is 1. The van der Waals surface area contributed by atoms with E-state index in [0.717, 1.165) is 5.56 Å². The van der Waals surface area contributed by atoms with E-state index in [4.69, 9.17) is 14.3 Å². The summed E-state index contributed by atoms with van der Waals surface area (Å²) in [7, 11) is 0. The number of amides is 1. The summed E-state index contributed by atoms with van der Waals surface area (Å²) >= 11 is 0. The lowest BCUT2D eigenvalue weighted by atomic mass is 10.1. The van der Waals surface area contributed by atoms with Crippen LogP contribution in [0.5, 0.6) is 5.75 Å². The van der Waals surface area contributed by atoms with E-state index in [1.54, 1.807) is 45.0 Å². The van der Waals surface area contributed by atoms with Gasteiger partial charge in [0.1, 0.15) is 17.4 Å². The first-order valence-corrected chi connectivity index (χ1v) is 10.7. The van der Waals surface area contributed by atoms with Gasteiger partial charge in [-0.25, -0.2) is 9.59 Å². The van der Waals surface area contributed by atoms with Crippen LogP contribution in [0.2, 0.25) is 0 Å². The molecule has 0 aliphatic rings. The van der Waals surface area contributed by atoms with Crippen molar-refractivity contribution < 1.29 is 28.7 Å². The zero-order chi connectivity index (χ0) is 24.4. The Hall–Kier alpha value is -3.68. The monoisotopic (exact) mass is 454 g/mol. The van der Waals surface area contributed by atoms with Crippen LogP contribution in [0.25, 0.3) is 0 Å². The second-order valence-corrected chi connectivity index (χ2v) is 8.31. The highest BCUT2D eigenvalue weighted by Crippen LogP contribution is 2.15. The van der Waals surface area contributed by atoms with Crippen molar-refractivity contribution >= 4 is 23.7 Å². The summed E-state index contributed by atoms with van der Waals surface area (Å²) in [5.41, 5.74) is 1.42. The minimum Gasteiger partial charge on any atom is -0.444 e. The second-order valence-electron chi connectivity index (χ2n) is 8.31. The molecule has 1 atom stereocenters. The fourth-order valence-corrected chi connectivity index (χ4v) is 2.85. The highest BCUT2D eigenvalue weighted by molar-refractivity contribution is 6.00. The fraction of sp³-hybridized carbons (Fsp3) is 0.360. The summed E-state index contributed by atoms with van der Waals surface area (Å²) in [6.07, 6.45) is -0.0662. The van der Waals surface area contributed by atoms with Crippen molar-refractivity contribution in [3.05, 3.63) is 65.7 Å². The summed E-state index contributed by atoms with van der Waals surface area (Å²) in [6, 6.07) is 14.9. The number of hydrogen-bond acceptors (Lipinski definition) is 7. The Kier molecular flexibility index (Phi) is 9.15. The molecule has 2 aromatic carbocycles. The van der Waals surface area contributed by atoms with Gasteiger partial charge in [-0.2, -0.15) is 0 Å². The van der Waals surface area contributed by atoms with Crippen LogP contribution in [0, 0.1) is 0 Å². The summed E-state index contributed by atoms with van der Waals surface area (Å²) in [5.74, 6) is -0.781. The van der Waals surface area contributed by atoms with Crippen LogP contribution in [0.4, 0.5) is 4.79 Å². The Morgan fingerprint density at radius 3 is 2.18 bits per heavy atom. The molecule has 0 aromatic heterocycles. The van der Waals surface area contributed by atoms with Gasteiger partial charge in [0.25, 0.3) is 0 Å². The summed E-state index contributed by atoms with van der Waals surface area (Å²) in [4.78, 5) is 41.5. The molecule has 2 rings (SSSR count). The Labute approximate surface area is 193 Å². The fourth-order valence-electron chi connectivity index (χ4n) is 2.85. The molecule has 0 radical (unpaired) electrons. The van der Waals surface area contributed by atoms with E-state index in [-0.39, 0.29) is 6.42 Å². The molecule has 2 aromatic rings. The maximum atomic E-state index is 12.8. The Morgan fingerprint density at radius 1 is 1.00 bits per heavy atom. The largest absolute Gasteiger partial charge is 0.444 e. The summed E-state index contributed by atoms with van der Waals surface area (Å²) in [5, 5.41) is 6.58. The highest BCUT2D eigenvalue weighted by Gasteiger charge is 2.26. The van der Waals surface area contributed by atoms with Crippen molar-refractivity contribution in [2.45, 2.75) is 59.1 Å². The summed E-state index contributed by atoms with van der Waals surface area (Å²) in [6.45, 7) is 8.40. The van der Waals surface area contributed by atoms with Crippen molar-refractivity contribution in [2.24, 2.45) is 5.16 Å². The number of ether oxygens (including phenoxy) is 2. The maximum Gasteiger partial charge on any atom is 0.408 e. The maximum absolute atomic E-state index is 12.8. The van der Waals surface area contributed by atoms with Crippen LogP contribution >= 0.6 is 0 Å². The van der Waals surface area contributed by atoms with Crippen LogP contribution in [-0.4, -0.2) is 35.4 Å². The van der Waals surface area contributed by atoms with Gasteiger partial charge >= 0.3 is 18.0 Å². The lowest BCUT2D eigenvalue weighted by Gasteiger charge is -2.22. The lowest BCUT2D eigenvalue weighted by Crippen LogP contribution is -2.45. The van der Waals surface area contributed by atoms with E-state index in [1.165, 1.54) is 6.92 Å². The molecule has 1 amide bonds. The van der Waals surface area contributed by atoms with Crippen LogP contribution in [0.15, 0.2) is 59.8 Å². The van der Waals surface area contributed by atoms with E-state index in [2.05, 4.69) is 10.5 Å². The lowest BCUT2D eigenvalue weighted by molar-refractivity contribution is -0.146. The van der Waals surface area contributed by atoms with Gasteiger partial charge in [-0.1, -0.05) is 54.5 Å². The highest BCUT2D eigenvalue weighted by atomic mass is 16.7. The van der Waals surface area contributed by atoms with Gasteiger partial charge in [0.2, 0.25) is 0 Å². The number of alkyl carbamates (subject to hydrolysis) is 1. The quantitative estimate of drug-likeness (QED) is 0.208. The smallest absolute Gasteiger partial charge is 0.408 e. The van der Waals surface area contributed by atoms with Gasteiger partial charge < -0.3 is 19.6 Å². The van der Waals surface area contributed by atoms with Gasteiger partial charge in [0.05, 0.1) is 5.71 Å². The molecule has 8 nitrogen and oxygen atoms in total. The number of oxime groups is 1. The zero-order valence-electron chi connectivity index (χ0n) is 19.6. The van der Waals surface area contributed by atoms with E-state index >= 15 is 0 Å². The molecule has 1 N–H and O–H groups in total. The normalized spacial score (nSPS) is 12.5. The molecule has 0 saturated heterocycles. The number of carbonyl (C=O) groups is 3. The molecular formula is C25H30N2O6. The first-order chi connectivity index (χ1) is 15.6. The van der Waals surface area contributed by atoms with Crippen LogP contribution in [-0.2, 0) is 25.6 Å². The molecule has 0 heterocycles. The van der Waals surface area contributed by atoms with E-state index in [1.807, 2.05) is 37.3 Å². The van der Waals surface area contributed by atoms with Crippen molar-refractivity contribution in [3.8, 4) is 5.75 Å². The molecule has 176 valence electrons. The van der Waals surface area contributed by atoms with Crippen molar-refractivity contribution in [1.82, 2.24) is 5.32 Å². The number of carbonyl (C=O) groups excluding carboxylic acids is 3. The molecule has 0 saturated carbocycles. The predicted molar refractivity (Wildman–Crippen MR) is 124 cm³/mol. The number of nitrogens with one attached hydrogen (secondary N) is 1. The number of esters is 1. The third-order valence-electron chi connectivity index (χ3n) is 4.29. The number of rotatable bonds is 8. The van der Waals surface area contributed by atoms with Crippen molar-refractivity contribution in [3.63, 3.8) is 0 Å². The number of nitrogens with zero attached hydrogens (tertiary/aromatic N) is 1. The molecule has 0 aliphatic heterocycles. The third kappa shape index (κ3) is 9.14. The molecule has 0 aliphatic carbocycles. The van der Waals surface area contributed by atoms with Crippen molar-refractivity contribution in [1.29, 1.82) is 0 Å². The molecular weight excluding hydrogens is 424 g/mol. The molecule has 0 fully saturated rings. The average molecular weight is 455 g/mol. The SMILES string of the molecule is CC/C(=N\OC(=O)[C@H](Cc1ccc(OC(C)=O)cc1)NC(=O)OC(C)(C)C)c1ccccc1. The Balaban J connectivity index is 2.18. The molecule has 0 unspecified atom stereocenters. The minimum atomic E-state index is -1.04. The van der Waals surface area contributed by atoms with Gasteiger partial charge in [-0.3, -0.25) is 4.79 Å². The molecule has 0 spiro atoms. The van der Waals surface area contributed by atoms with Crippen LogP contribution in [0.1, 0.15) is 52.2 Å². The molecule has 8 heteroatoms. The first kappa shape index (κ1) is 25.6. The third-order valence-corrected chi connectivity index (χ3v) is 4.29. The van der Waals surface area contributed by atoms with Gasteiger partial charge in [-0.15, -0.1) is 0 Å². The van der Waals surface area contributed by atoms with Crippen LogP contribution in [0.3, 0.4) is 0 Å². The molecule has 33 heavy (non-hydrogen) atoms. The topological polar surface area (TPSA) is 103 Å². The Morgan fingerprint density at radius 2 is 1.64 bits per heavy atom. The average Bonchev–Trinajstić information content (AvgIpc) is 2.74. The van der Waals surface area contributed by atoms with Gasteiger partial charge in [-0.05, 0) is 50.5 Å². The number of benzene rings is 2. The summed E-state index contributed by atoms with van der Waals surface area (Å²) < 4.78 is 10.3. The second kappa shape index (κ2) is 11.8. The van der Waals surface area contributed by atoms with E-state index in [9.17, 15) is 14.4 Å². The van der Waals surface area contributed by atoms with Gasteiger partial charge in [0, 0.05) is 13.3 Å². The van der Waals surface area contributed by atoms with Crippen molar-refractivity contribution in [2.75, 3.05) is 0 Å². The zero-order valence-corrected chi connectivity index (χ0v) is 19.6.